The van der Waals surface area contributed by atoms with E-state index in [-0.39, 0.29) is 18.1 Å². The summed E-state index contributed by atoms with van der Waals surface area (Å²) in [5, 5.41) is 9.69. The first-order valence-electron chi connectivity index (χ1n) is 7.03. The average molecular weight is 291 g/mol. The van der Waals surface area contributed by atoms with Crippen molar-refractivity contribution in [3.63, 3.8) is 0 Å². The zero-order valence-electron chi connectivity index (χ0n) is 13.1. The number of nitrogens with zero attached hydrogens (tertiary/aromatic N) is 1. The predicted octanol–water partition coefficient (Wildman–Crippen LogP) is 2.23. The Morgan fingerprint density at radius 3 is 1.89 bits per heavy atom. The monoisotopic (exact) mass is 291 g/mol. The first-order valence-corrected chi connectivity index (χ1v) is 8.47. The lowest BCUT2D eigenvalue weighted by Gasteiger charge is -2.41. The second-order valence-electron chi connectivity index (χ2n) is 7.69. The van der Waals surface area contributed by atoms with Crippen LogP contribution in [0.1, 0.15) is 54.4 Å². The van der Waals surface area contributed by atoms with Crippen molar-refractivity contribution in [1.82, 2.24) is 4.31 Å². The summed E-state index contributed by atoms with van der Waals surface area (Å²) < 4.78 is 26.3. The summed E-state index contributed by atoms with van der Waals surface area (Å²) in [4.78, 5) is 0. The maximum atomic E-state index is 12.8. The third-order valence-electron chi connectivity index (χ3n) is 3.74. The smallest absolute Gasteiger partial charge is 0.219 e. The number of aliphatic hydroxyl groups is 1. The molecular formula is C14H29NO3S. The van der Waals surface area contributed by atoms with E-state index >= 15 is 0 Å². The van der Waals surface area contributed by atoms with E-state index in [0.717, 1.165) is 12.8 Å². The highest BCUT2D eigenvalue weighted by Gasteiger charge is 2.44. The second-order valence-corrected chi connectivity index (χ2v) is 10.3. The maximum absolute atomic E-state index is 12.8. The van der Waals surface area contributed by atoms with Crippen molar-refractivity contribution in [3.8, 4) is 0 Å². The highest BCUT2D eigenvalue weighted by Crippen LogP contribution is 2.36. The Bertz CT molecular complexity index is 399. The number of sulfonamides is 1. The van der Waals surface area contributed by atoms with Crippen molar-refractivity contribution in [1.29, 1.82) is 0 Å². The van der Waals surface area contributed by atoms with Crippen LogP contribution in [0.2, 0.25) is 0 Å². The molecule has 0 aromatic rings. The van der Waals surface area contributed by atoms with Gasteiger partial charge in [0, 0.05) is 6.54 Å². The van der Waals surface area contributed by atoms with Gasteiger partial charge in [-0.05, 0) is 44.9 Å². The Hall–Kier alpha value is -0.130. The zero-order chi connectivity index (χ0) is 15.1. The molecule has 1 rings (SSSR count). The summed E-state index contributed by atoms with van der Waals surface area (Å²) in [6.45, 7) is 11.5. The summed E-state index contributed by atoms with van der Waals surface area (Å²) >= 11 is 0. The molecule has 0 aromatic carbocycles. The van der Waals surface area contributed by atoms with Crippen molar-refractivity contribution >= 4 is 10.0 Å². The van der Waals surface area contributed by atoms with Gasteiger partial charge in [0.15, 0.2) is 0 Å². The van der Waals surface area contributed by atoms with Gasteiger partial charge in [0.25, 0.3) is 0 Å². The van der Waals surface area contributed by atoms with Gasteiger partial charge in [-0.15, -0.1) is 0 Å². The quantitative estimate of drug-likeness (QED) is 0.845. The van der Waals surface area contributed by atoms with E-state index in [2.05, 4.69) is 0 Å². The fraction of sp³-hybridized carbons (Fsp3) is 1.00. The fourth-order valence-electron chi connectivity index (χ4n) is 2.10. The average Bonchev–Trinajstić information content (AvgIpc) is 2.97. The molecule has 0 radical (unpaired) electrons. The molecule has 1 N–H and O–H groups in total. The van der Waals surface area contributed by atoms with Gasteiger partial charge in [0.2, 0.25) is 10.0 Å². The number of rotatable bonds is 5. The Morgan fingerprint density at radius 2 is 1.63 bits per heavy atom. The van der Waals surface area contributed by atoms with Crippen LogP contribution >= 0.6 is 0 Å². The largest absolute Gasteiger partial charge is 0.395 e. The van der Waals surface area contributed by atoms with Crippen LogP contribution in [-0.4, -0.2) is 41.8 Å². The van der Waals surface area contributed by atoms with Crippen molar-refractivity contribution in [2.24, 2.45) is 11.3 Å². The molecule has 0 aromatic heterocycles. The van der Waals surface area contributed by atoms with Crippen LogP contribution in [0.3, 0.4) is 0 Å². The molecule has 0 spiro atoms. The normalized spacial score (nSPS) is 19.8. The van der Waals surface area contributed by atoms with Crippen LogP contribution in [-0.2, 0) is 10.0 Å². The van der Waals surface area contributed by atoms with E-state index in [1.165, 1.54) is 0 Å². The molecule has 19 heavy (non-hydrogen) atoms. The van der Waals surface area contributed by atoms with Gasteiger partial charge in [-0.3, -0.25) is 0 Å². The van der Waals surface area contributed by atoms with E-state index in [0.29, 0.717) is 12.5 Å². The number of hydrogen-bond acceptors (Lipinski definition) is 3. The molecule has 0 saturated heterocycles. The van der Waals surface area contributed by atoms with Gasteiger partial charge in [0.05, 0.1) is 17.4 Å². The molecule has 0 amide bonds. The van der Waals surface area contributed by atoms with Gasteiger partial charge >= 0.3 is 0 Å². The topological polar surface area (TPSA) is 57.6 Å². The lowest BCUT2D eigenvalue weighted by atomic mass is 9.87. The van der Waals surface area contributed by atoms with Crippen LogP contribution in [0.25, 0.3) is 0 Å². The molecule has 0 unspecified atom stereocenters. The van der Waals surface area contributed by atoms with Crippen molar-refractivity contribution in [3.05, 3.63) is 0 Å². The third-order valence-corrected chi connectivity index (χ3v) is 6.31. The standard InChI is InChI=1S/C14H29NO3S/c1-13(2,3)12(10-16)15(9-11-7-8-11)19(17,18)14(4,5)6/h11-12,16H,7-10H2,1-6H3/t12-/m0/s1. The van der Waals surface area contributed by atoms with Gasteiger partial charge in [0.1, 0.15) is 0 Å². The first-order chi connectivity index (χ1) is 8.41. The Kier molecular flexibility index (Phi) is 4.75. The molecule has 1 atom stereocenters. The van der Waals surface area contributed by atoms with Crippen molar-refractivity contribution in [2.75, 3.05) is 13.2 Å². The molecule has 1 saturated carbocycles. The van der Waals surface area contributed by atoms with Crippen LogP contribution in [0.4, 0.5) is 0 Å². The number of hydrogen-bond donors (Lipinski definition) is 1. The lowest BCUT2D eigenvalue weighted by molar-refractivity contribution is 0.0974. The summed E-state index contributed by atoms with van der Waals surface area (Å²) in [7, 11) is -3.41. The molecule has 1 aliphatic carbocycles. The van der Waals surface area contributed by atoms with Crippen LogP contribution in [0, 0.1) is 11.3 Å². The van der Waals surface area contributed by atoms with E-state index < -0.39 is 14.8 Å². The van der Waals surface area contributed by atoms with Gasteiger partial charge in [-0.2, -0.15) is 4.31 Å². The Balaban J connectivity index is 3.13. The minimum Gasteiger partial charge on any atom is -0.395 e. The van der Waals surface area contributed by atoms with Crippen molar-refractivity contribution in [2.45, 2.75) is 65.2 Å². The molecule has 1 aliphatic rings. The Labute approximate surface area is 118 Å². The molecule has 0 heterocycles. The third kappa shape index (κ3) is 3.92. The molecular weight excluding hydrogens is 262 g/mol. The van der Waals surface area contributed by atoms with E-state index in [9.17, 15) is 13.5 Å². The second kappa shape index (κ2) is 5.34. The van der Waals surface area contributed by atoms with Crippen molar-refractivity contribution < 1.29 is 13.5 Å². The first kappa shape index (κ1) is 16.9. The predicted molar refractivity (Wildman–Crippen MR) is 78.4 cm³/mol. The van der Waals surface area contributed by atoms with E-state index in [1.54, 1.807) is 25.1 Å². The number of aliphatic hydroxyl groups excluding tert-OH is 1. The van der Waals surface area contributed by atoms with Crippen LogP contribution < -0.4 is 0 Å². The highest BCUT2D eigenvalue weighted by atomic mass is 32.2. The van der Waals surface area contributed by atoms with Crippen LogP contribution in [0.15, 0.2) is 0 Å². The van der Waals surface area contributed by atoms with Gasteiger partial charge < -0.3 is 5.11 Å². The molecule has 0 bridgehead atoms. The van der Waals surface area contributed by atoms with Gasteiger partial charge in [-0.1, -0.05) is 20.8 Å². The SMILES string of the molecule is CC(C)(C)[C@H](CO)N(CC1CC1)S(=O)(=O)C(C)(C)C. The van der Waals surface area contributed by atoms with E-state index in [4.69, 9.17) is 0 Å². The minimum atomic E-state index is -3.41. The molecule has 1 fully saturated rings. The summed E-state index contributed by atoms with van der Waals surface area (Å²) in [6, 6.07) is -0.364. The Morgan fingerprint density at radius 1 is 1.16 bits per heavy atom. The van der Waals surface area contributed by atoms with E-state index in [1.807, 2.05) is 20.8 Å². The summed E-state index contributed by atoms with van der Waals surface area (Å²) in [5.74, 6) is 0.466. The molecule has 114 valence electrons. The summed E-state index contributed by atoms with van der Waals surface area (Å²) in [5.41, 5.74) is -0.276. The highest BCUT2D eigenvalue weighted by molar-refractivity contribution is 7.90. The summed E-state index contributed by atoms with van der Waals surface area (Å²) in [6.07, 6.45) is 2.19. The minimum absolute atomic E-state index is 0.133. The van der Waals surface area contributed by atoms with Gasteiger partial charge in [-0.25, -0.2) is 8.42 Å². The fourth-order valence-corrected chi connectivity index (χ4v) is 3.92. The zero-order valence-corrected chi connectivity index (χ0v) is 13.9. The lowest BCUT2D eigenvalue weighted by Crippen LogP contribution is -2.54. The molecule has 0 aliphatic heterocycles. The van der Waals surface area contributed by atoms with Crippen LogP contribution in [0.5, 0.6) is 0 Å². The molecule has 5 heteroatoms. The maximum Gasteiger partial charge on any atom is 0.219 e. The molecule has 4 nitrogen and oxygen atoms in total.